The van der Waals surface area contributed by atoms with Gasteiger partial charge in [0.15, 0.2) is 11.6 Å². The van der Waals surface area contributed by atoms with Gasteiger partial charge in [0.05, 0.1) is 22.0 Å². The molecule has 33 heavy (non-hydrogen) atoms. The van der Waals surface area contributed by atoms with Gasteiger partial charge in [-0.05, 0) is 62.4 Å². The molecule has 0 amide bonds. The van der Waals surface area contributed by atoms with Crippen LogP contribution in [0.15, 0.2) is 83.8 Å². The first kappa shape index (κ1) is 22.2. The molecule has 0 unspecified atom stereocenters. The normalized spacial score (nSPS) is 11.1. The predicted octanol–water partition coefficient (Wildman–Crippen LogP) is 5.62. The van der Waals surface area contributed by atoms with Crippen molar-refractivity contribution in [3.05, 3.63) is 96.1 Å². The zero-order chi connectivity index (χ0) is 23.4. The first-order chi connectivity index (χ1) is 15.8. The van der Waals surface area contributed by atoms with E-state index in [4.69, 9.17) is 9.47 Å². The summed E-state index contributed by atoms with van der Waals surface area (Å²) in [5, 5.41) is 0. The number of hydrogen-bond donors (Lipinski definition) is 1. The Labute approximate surface area is 190 Å². The second-order valence-corrected chi connectivity index (χ2v) is 8.76. The Kier molecular flexibility index (Phi) is 6.23. The van der Waals surface area contributed by atoms with Crippen LogP contribution in [0.5, 0.6) is 23.3 Å². The van der Waals surface area contributed by atoms with Crippen molar-refractivity contribution in [2.45, 2.75) is 18.7 Å². The Morgan fingerprint density at radius 3 is 1.97 bits per heavy atom. The molecule has 1 heterocycles. The first-order valence-electron chi connectivity index (χ1n) is 9.95. The van der Waals surface area contributed by atoms with Gasteiger partial charge < -0.3 is 9.47 Å². The van der Waals surface area contributed by atoms with E-state index in [1.807, 2.05) is 18.2 Å². The van der Waals surface area contributed by atoms with Crippen molar-refractivity contribution in [3.63, 3.8) is 0 Å². The van der Waals surface area contributed by atoms with Gasteiger partial charge in [0.1, 0.15) is 11.5 Å². The van der Waals surface area contributed by atoms with Crippen LogP contribution in [0.1, 0.15) is 11.4 Å². The number of nitrogens with one attached hydrogen (secondary N) is 1. The Bertz CT molecular complexity index is 1360. The molecule has 3 aromatic carbocycles. The van der Waals surface area contributed by atoms with E-state index in [1.54, 1.807) is 44.2 Å². The summed E-state index contributed by atoms with van der Waals surface area (Å²) in [5.74, 6) is 0.570. The zero-order valence-corrected chi connectivity index (χ0v) is 18.6. The quantitative estimate of drug-likeness (QED) is 0.381. The topological polar surface area (TPSA) is 90.4 Å². The lowest BCUT2D eigenvalue weighted by molar-refractivity contribution is 0.409. The van der Waals surface area contributed by atoms with Crippen LogP contribution in [0.2, 0.25) is 0 Å². The van der Waals surface area contributed by atoms with Crippen molar-refractivity contribution in [2.24, 2.45) is 0 Å². The molecular formula is C24H20FN3O4S. The molecule has 0 saturated carbocycles. The lowest BCUT2D eigenvalue weighted by atomic mass is 10.3. The fourth-order valence-corrected chi connectivity index (χ4v) is 4.19. The van der Waals surface area contributed by atoms with E-state index in [9.17, 15) is 12.8 Å². The van der Waals surface area contributed by atoms with Crippen LogP contribution >= 0.6 is 0 Å². The van der Waals surface area contributed by atoms with E-state index < -0.39 is 15.8 Å². The number of nitrogens with zero attached hydrogens (tertiary/aromatic N) is 2. The number of aromatic nitrogens is 2. The van der Waals surface area contributed by atoms with E-state index in [1.165, 1.54) is 30.3 Å². The summed E-state index contributed by atoms with van der Waals surface area (Å²) >= 11 is 0. The van der Waals surface area contributed by atoms with Gasteiger partial charge in [0.2, 0.25) is 0 Å². The number of benzene rings is 3. The molecule has 1 aromatic heterocycles. The molecule has 0 aliphatic carbocycles. The second-order valence-electron chi connectivity index (χ2n) is 7.08. The van der Waals surface area contributed by atoms with Crippen LogP contribution in [0.4, 0.5) is 10.1 Å². The molecule has 0 radical (unpaired) electrons. The SMILES string of the molecule is Cc1nc(Oc2ccccc2F)nc(C)c1NS(=O)(=O)c1ccc(Oc2ccccc2)cc1. The van der Waals surface area contributed by atoms with Gasteiger partial charge in [-0.15, -0.1) is 0 Å². The number of sulfonamides is 1. The van der Waals surface area contributed by atoms with Crippen LogP contribution in [-0.4, -0.2) is 18.4 Å². The van der Waals surface area contributed by atoms with Crippen LogP contribution in [-0.2, 0) is 10.0 Å². The van der Waals surface area contributed by atoms with Gasteiger partial charge in [-0.1, -0.05) is 30.3 Å². The molecule has 168 valence electrons. The number of hydrogen-bond acceptors (Lipinski definition) is 6. The van der Waals surface area contributed by atoms with E-state index in [2.05, 4.69) is 14.7 Å². The molecule has 1 N–H and O–H groups in total. The van der Waals surface area contributed by atoms with Crippen molar-refractivity contribution in [1.82, 2.24) is 9.97 Å². The maximum Gasteiger partial charge on any atom is 0.322 e. The first-order valence-corrected chi connectivity index (χ1v) is 11.4. The monoisotopic (exact) mass is 465 g/mol. The summed E-state index contributed by atoms with van der Waals surface area (Å²) < 4.78 is 53.3. The highest BCUT2D eigenvalue weighted by Crippen LogP contribution is 2.28. The molecule has 7 nitrogen and oxygen atoms in total. The van der Waals surface area contributed by atoms with Crippen LogP contribution in [0.3, 0.4) is 0 Å². The Morgan fingerprint density at radius 2 is 1.33 bits per heavy atom. The molecule has 4 rings (SSSR count). The smallest absolute Gasteiger partial charge is 0.322 e. The number of rotatable bonds is 7. The maximum absolute atomic E-state index is 13.8. The molecule has 0 atom stereocenters. The van der Waals surface area contributed by atoms with E-state index >= 15 is 0 Å². The lowest BCUT2D eigenvalue weighted by Crippen LogP contribution is -2.16. The molecule has 0 aliphatic rings. The fraction of sp³-hybridized carbons (Fsp3) is 0.0833. The molecular weight excluding hydrogens is 445 g/mol. The third kappa shape index (κ3) is 5.27. The van der Waals surface area contributed by atoms with Crippen molar-refractivity contribution >= 4 is 15.7 Å². The summed E-state index contributed by atoms with van der Waals surface area (Å²) in [6.45, 7) is 3.22. The van der Waals surface area contributed by atoms with Gasteiger partial charge in [-0.3, -0.25) is 4.72 Å². The maximum atomic E-state index is 13.8. The van der Waals surface area contributed by atoms with Gasteiger partial charge in [-0.25, -0.2) is 12.8 Å². The van der Waals surface area contributed by atoms with Gasteiger partial charge >= 0.3 is 6.01 Å². The second kappa shape index (κ2) is 9.25. The average Bonchev–Trinajstić information content (AvgIpc) is 2.79. The largest absolute Gasteiger partial charge is 0.457 e. The number of aryl methyl sites for hydroxylation is 2. The predicted molar refractivity (Wildman–Crippen MR) is 122 cm³/mol. The highest BCUT2D eigenvalue weighted by Gasteiger charge is 2.19. The molecule has 0 aliphatic heterocycles. The third-order valence-electron chi connectivity index (χ3n) is 4.64. The van der Waals surface area contributed by atoms with Gasteiger partial charge in [-0.2, -0.15) is 9.97 Å². The highest BCUT2D eigenvalue weighted by atomic mass is 32.2. The summed E-state index contributed by atoms with van der Waals surface area (Å²) in [5.41, 5.74) is 0.892. The van der Waals surface area contributed by atoms with E-state index in [0.717, 1.165) is 0 Å². The molecule has 0 bridgehead atoms. The third-order valence-corrected chi connectivity index (χ3v) is 6.00. The lowest BCUT2D eigenvalue weighted by Gasteiger charge is -2.14. The fourth-order valence-electron chi connectivity index (χ4n) is 3.01. The average molecular weight is 466 g/mol. The number of ether oxygens (including phenoxy) is 2. The van der Waals surface area contributed by atoms with Gasteiger partial charge in [0.25, 0.3) is 10.0 Å². The number of para-hydroxylation sites is 2. The number of halogens is 1. The van der Waals surface area contributed by atoms with Gasteiger partial charge in [0, 0.05) is 0 Å². The molecule has 0 spiro atoms. The molecule has 0 fully saturated rings. The number of anilines is 1. The van der Waals surface area contributed by atoms with Crippen molar-refractivity contribution < 1.29 is 22.3 Å². The van der Waals surface area contributed by atoms with Crippen molar-refractivity contribution in [2.75, 3.05) is 4.72 Å². The standard InChI is InChI=1S/C24H20FN3O4S/c1-16-23(17(2)27-24(26-16)32-22-11-7-6-10-21(22)25)28-33(29,30)20-14-12-19(13-15-20)31-18-8-4-3-5-9-18/h3-15,28H,1-2H3. The van der Waals surface area contributed by atoms with E-state index in [0.29, 0.717) is 22.9 Å². The van der Waals surface area contributed by atoms with Crippen LogP contribution in [0.25, 0.3) is 0 Å². The Morgan fingerprint density at radius 1 is 0.758 bits per heavy atom. The Balaban J connectivity index is 1.52. The zero-order valence-electron chi connectivity index (χ0n) is 17.8. The summed E-state index contributed by atoms with van der Waals surface area (Å²) in [6.07, 6.45) is 0. The minimum atomic E-state index is -3.91. The summed E-state index contributed by atoms with van der Waals surface area (Å²) in [4.78, 5) is 8.37. The molecule has 9 heteroatoms. The summed E-state index contributed by atoms with van der Waals surface area (Å²) in [7, 11) is -3.91. The van der Waals surface area contributed by atoms with Crippen molar-refractivity contribution in [1.29, 1.82) is 0 Å². The molecule has 4 aromatic rings. The Hall–Kier alpha value is -3.98. The van der Waals surface area contributed by atoms with Crippen LogP contribution < -0.4 is 14.2 Å². The minimum absolute atomic E-state index is 0.0255. The molecule has 0 saturated heterocycles. The van der Waals surface area contributed by atoms with Crippen molar-refractivity contribution in [3.8, 4) is 23.3 Å². The minimum Gasteiger partial charge on any atom is -0.457 e. The van der Waals surface area contributed by atoms with Crippen LogP contribution in [0, 0.1) is 19.7 Å². The van der Waals surface area contributed by atoms with E-state index in [-0.39, 0.29) is 22.3 Å². The highest BCUT2D eigenvalue weighted by molar-refractivity contribution is 7.92. The summed E-state index contributed by atoms with van der Waals surface area (Å²) in [6, 6.07) is 21.0.